The number of thioether (sulfide) groups is 1. The van der Waals surface area contributed by atoms with E-state index in [1.54, 1.807) is 18.2 Å². The lowest BCUT2D eigenvalue weighted by molar-refractivity contribution is -0.113. The Morgan fingerprint density at radius 3 is 2.72 bits per heavy atom. The van der Waals surface area contributed by atoms with Crippen molar-refractivity contribution in [3.05, 3.63) is 42.5 Å². The number of aromatic nitrogens is 2. The van der Waals surface area contributed by atoms with E-state index in [1.807, 2.05) is 0 Å². The number of halogens is 2. The second-order valence-corrected chi connectivity index (χ2v) is 6.61. The van der Waals surface area contributed by atoms with Gasteiger partial charge in [-0.05, 0) is 42.5 Å². The first-order chi connectivity index (χ1) is 14.1. The Labute approximate surface area is 167 Å². The second kappa shape index (κ2) is 8.35. The summed E-state index contributed by atoms with van der Waals surface area (Å²) in [5.74, 6) is 1.25. The molecule has 11 heteroatoms. The number of rotatable bonds is 7. The maximum atomic E-state index is 12.1. The number of fused-ring (bicyclic) bond motifs is 1. The average molecular weight is 421 g/mol. The molecule has 2 heterocycles. The molecule has 150 valence electrons. The van der Waals surface area contributed by atoms with Crippen LogP contribution in [0.2, 0.25) is 0 Å². The normalized spacial score (nSPS) is 12.2. The summed E-state index contributed by atoms with van der Waals surface area (Å²) < 4.78 is 44.6. The highest BCUT2D eigenvalue weighted by atomic mass is 32.2. The number of alkyl halides is 2. The van der Waals surface area contributed by atoms with E-state index >= 15 is 0 Å². The lowest BCUT2D eigenvalue weighted by Gasteiger charge is -2.06. The Morgan fingerprint density at radius 2 is 1.93 bits per heavy atom. The van der Waals surface area contributed by atoms with Crippen molar-refractivity contribution in [1.82, 2.24) is 10.2 Å². The number of hydrogen-bond acceptors (Lipinski definition) is 8. The Bertz CT molecular complexity index is 1010. The van der Waals surface area contributed by atoms with Crippen LogP contribution in [0.25, 0.3) is 11.5 Å². The minimum Gasteiger partial charge on any atom is -0.454 e. The van der Waals surface area contributed by atoms with Gasteiger partial charge in [-0.25, -0.2) is 0 Å². The molecule has 1 aliphatic heterocycles. The summed E-state index contributed by atoms with van der Waals surface area (Å²) in [5.41, 5.74) is 1.12. The van der Waals surface area contributed by atoms with Crippen molar-refractivity contribution in [3.8, 4) is 28.7 Å². The van der Waals surface area contributed by atoms with Gasteiger partial charge < -0.3 is 23.9 Å². The van der Waals surface area contributed by atoms with Gasteiger partial charge in [0, 0.05) is 11.3 Å². The fourth-order valence-electron chi connectivity index (χ4n) is 2.46. The van der Waals surface area contributed by atoms with Gasteiger partial charge in [-0.3, -0.25) is 4.79 Å². The molecule has 0 fully saturated rings. The maximum Gasteiger partial charge on any atom is 0.387 e. The first-order valence-electron chi connectivity index (χ1n) is 8.28. The van der Waals surface area contributed by atoms with Crippen LogP contribution in [-0.2, 0) is 4.79 Å². The Hall–Kier alpha value is -3.34. The summed E-state index contributed by atoms with van der Waals surface area (Å²) >= 11 is 1.07. The molecule has 1 amide bonds. The van der Waals surface area contributed by atoms with E-state index in [2.05, 4.69) is 20.3 Å². The highest BCUT2D eigenvalue weighted by molar-refractivity contribution is 7.99. The van der Waals surface area contributed by atoms with E-state index < -0.39 is 6.61 Å². The van der Waals surface area contributed by atoms with Crippen molar-refractivity contribution < 1.29 is 32.2 Å². The first-order valence-corrected chi connectivity index (χ1v) is 9.26. The molecule has 0 spiro atoms. The van der Waals surface area contributed by atoms with Gasteiger partial charge in [-0.15, -0.1) is 10.2 Å². The van der Waals surface area contributed by atoms with E-state index in [-0.39, 0.29) is 29.4 Å². The monoisotopic (exact) mass is 421 g/mol. The van der Waals surface area contributed by atoms with Gasteiger partial charge in [0.1, 0.15) is 5.75 Å². The number of ether oxygens (including phenoxy) is 3. The number of benzene rings is 2. The van der Waals surface area contributed by atoms with Crippen molar-refractivity contribution in [2.75, 3.05) is 17.9 Å². The fraction of sp³-hybridized carbons (Fsp3) is 0.167. The molecule has 0 saturated heterocycles. The molecule has 0 radical (unpaired) electrons. The van der Waals surface area contributed by atoms with Crippen LogP contribution in [0.3, 0.4) is 0 Å². The van der Waals surface area contributed by atoms with Crippen molar-refractivity contribution in [1.29, 1.82) is 0 Å². The van der Waals surface area contributed by atoms with Crippen molar-refractivity contribution in [2.24, 2.45) is 0 Å². The summed E-state index contributed by atoms with van der Waals surface area (Å²) in [6.07, 6.45) is 0. The second-order valence-electron chi connectivity index (χ2n) is 5.68. The van der Waals surface area contributed by atoms with Crippen LogP contribution in [0.15, 0.2) is 52.1 Å². The van der Waals surface area contributed by atoms with Gasteiger partial charge >= 0.3 is 6.61 Å². The van der Waals surface area contributed by atoms with Crippen LogP contribution in [0.4, 0.5) is 14.5 Å². The van der Waals surface area contributed by atoms with E-state index in [0.717, 1.165) is 11.8 Å². The molecule has 0 atom stereocenters. The minimum atomic E-state index is -2.90. The van der Waals surface area contributed by atoms with Crippen LogP contribution in [0.1, 0.15) is 0 Å². The fourth-order valence-corrected chi connectivity index (χ4v) is 3.02. The topological polar surface area (TPSA) is 95.7 Å². The predicted octanol–water partition coefficient (Wildman–Crippen LogP) is 3.80. The maximum absolute atomic E-state index is 12.1. The molecule has 8 nitrogen and oxygen atoms in total. The van der Waals surface area contributed by atoms with Crippen LogP contribution in [-0.4, -0.2) is 35.3 Å². The minimum absolute atomic E-state index is 0.00859. The molecule has 0 unspecified atom stereocenters. The van der Waals surface area contributed by atoms with Crippen LogP contribution in [0.5, 0.6) is 17.2 Å². The highest BCUT2D eigenvalue weighted by Crippen LogP contribution is 2.36. The summed E-state index contributed by atoms with van der Waals surface area (Å²) in [5, 5.41) is 10.7. The number of hydrogen-bond donors (Lipinski definition) is 1. The van der Waals surface area contributed by atoms with Gasteiger partial charge in [0.25, 0.3) is 5.22 Å². The Kier molecular flexibility index (Phi) is 5.47. The molecular formula is C18H13F2N3O5S. The average Bonchev–Trinajstić information content (AvgIpc) is 3.36. The van der Waals surface area contributed by atoms with Crippen LogP contribution < -0.4 is 19.5 Å². The molecule has 1 N–H and O–H groups in total. The van der Waals surface area contributed by atoms with Crippen LogP contribution in [0, 0.1) is 0 Å². The van der Waals surface area contributed by atoms with E-state index in [1.165, 1.54) is 24.3 Å². The van der Waals surface area contributed by atoms with Gasteiger partial charge in [0.2, 0.25) is 18.6 Å². The first kappa shape index (κ1) is 19.0. The number of anilines is 1. The van der Waals surface area contributed by atoms with Gasteiger partial charge in [-0.1, -0.05) is 11.8 Å². The summed E-state index contributed by atoms with van der Waals surface area (Å²) in [7, 11) is 0. The van der Waals surface area contributed by atoms with Crippen molar-refractivity contribution in [2.45, 2.75) is 11.8 Å². The zero-order chi connectivity index (χ0) is 20.2. The molecule has 0 saturated carbocycles. The number of carbonyl (C=O) groups excluding carboxylic acids is 1. The largest absolute Gasteiger partial charge is 0.454 e. The standard InChI is InChI=1S/C18H13F2N3O5S/c19-17(20)27-12-4-2-11(3-5-12)21-15(24)8-29-18-23-22-16(28-18)10-1-6-13-14(7-10)26-9-25-13/h1-7,17H,8-9H2,(H,21,24). The quantitative estimate of drug-likeness (QED) is 0.576. The van der Waals surface area contributed by atoms with Crippen LogP contribution >= 0.6 is 11.8 Å². The predicted molar refractivity (Wildman–Crippen MR) is 98.3 cm³/mol. The Balaban J connectivity index is 1.31. The molecule has 0 aliphatic carbocycles. The molecule has 4 rings (SSSR count). The van der Waals surface area contributed by atoms with E-state index in [0.29, 0.717) is 28.6 Å². The zero-order valence-electron chi connectivity index (χ0n) is 14.6. The van der Waals surface area contributed by atoms with E-state index in [4.69, 9.17) is 13.9 Å². The molecular weight excluding hydrogens is 408 g/mol. The molecule has 1 aromatic heterocycles. The molecule has 1 aliphatic rings. The van der Waals surface area contributed by atoms with Gasteiger partial charge in [-0.2, -0.15) is 8.78 Å². The third-order valence-corrected chi connectivity index (χ3v) is 4.53. The number of nitrogens with one attached hydrogen (secondary N) is 1. The van der Waals surface area contributed by atoms with Crippen molar-refractivity contribution in [3.63, 3.8) is 0 Å². The molecule has 0 bridgehead atoms. The molecule has 29 heavy (non-hydrogen) atoms. The zero-order valence-corrected chi connectivity index (χ0v) is 15.4. The third-order valence-electron chi connectivity index (χ3n) is 3.72. The lowest BCUT2D eigenvalue weighted by atomic mass is 10.2. The number of nitrogens with zero attached hydrogens (tertiary/aromatic N) is 2. The summed E-state index contributed by atoms with van der Waals surface area (Å²) in [6, 6.07) is 10.9. The number of amides is 1. The SMILES string of the molecule is O=C(CSc1nnc(-c2ccc3c(c2)OCO3)o1)Nc1ccc(OC(F)F)cc1. The Morgan fingerprint density at radius 1 is 1.14 bits per heavy atom. The summed E-state index contributed by atoms with van der Waals surface area (Å²) in [6.45, 7) is -2.73. The number of carbonyl (C=O) groups is 1. The molecule has 3 aromatic rings. The smallest absolute Gasteiger partial charge is 0.387 e. The van der Waals surface area contributed by atoms with Gasteiger partial charge in [0.05, 0.1) is 5.75 Å². The van der Waals surface area contributed by atoms with Crippen molar-refractivity contribution >= 4 is 23.4 Å². The highest BCUT2D eigenvalue weighted by Gasteiger charge is 2.17. The third kappa shape index (κ3) is 4.74. The lowest BCUT2D eigenvalue weighted by Crippen LogP contribution is -2.14. The van der Waals surface area contributed by atoms with Gasteiger partial charge in [0.15, 0.2) is 11.5 Å². The summed E-state index contributed by atoms with van der Waals surface area (Å²) in [4.78, 5) is 12.0. The van der Waals surface area contributed by atoms with E-state index in [9.17, 15) is 13.6 Å². The molecule has 2 aromatic carbocycles.